The van der Waals surface area contributed by atoms with Gasteiger partial charge in [-0.3, -0.25) is 14.7 Å². The molecule has 0 aromatic carbocycles. The van der Waals surface area contributed by atoms with Gasteiger partial charge in [-0.05, 0) is 0 Å². The number of carbonyl (C=O) groups is 2. The summed E-state index contributed by atoms with van der Waals surface area (Å²) >= 11 is 0. The standard InChI is InChI=1S/C10H14F3N5O2/c1-3-6-15-8(17-16-6)9(20)18(2)4-7(19)14-5-10(11,12)13/h3-5H2,1-2H3,(H,14,19)(H,15,16,17). The molecule has 7 nitrogen and oxygen atoms in total. The minimum Gasteiger partial charge on any atom is -0.345 e. The first-order valence-corrected chi connectivity index (χ1v) is 5.73. The lowest BCUT2D eigenvalue weighted by Crippen LogP contribution is -2.42. The number of halogens is 3. The maximum absolute atomic E-state index is 11.9. The number of aromatic nitrogens is 3. The van der Waals surface area contributed by atoms with Crippen molar-refractivity contribution in [1.29, 1.82) is 0 Å². The first kappa shape index (κ1) is 15.9. The largest absolute Gasteiger partial charge is 0.405 e. The average molecular weight is 293 g/mol. The molecule has 0 spiro atoms. The molecule has 2 amide bonds. The van der Waals surface area contributed by atoms with E-state index in [9.17, 15) is 22.8 Å². The number of nitrogens with one attached hydrogen (secondary N) is 2. The van der Waals surface area contributed by atoms with Crippen LogP contribution in [0.1, 0.15) is 23.4 Å². The monoisotopic (exact) mass is 293 g/mol. The van der Waals surface area contributed by atoms with Gasteiger partial charge in [0.15, 0.2) is 0 Å². The van der Waals surface area contributed by atoms with E-state index in [0.717, 1.165) is 4.90 Å². The summed E-state index contributed by atoms with van der Waals surface area (Å²) in [4.78, 5) is 27.8. The van der Waals surface area contributed by atoms with Crippen LogP contribution in [0.2, 0.25) is 0 Å². The molecule has 0 atom stereocenters. The Morgan fingerprint density at radius 3 is 2.55 bits per heavy atom. The van der Waals surface area contributed by atoms with Crippen molar-refractivity contribution in [3.05, 3.63) is 11.6 Å². The first-order valence-electron chi connectivity index (χ1n) is 5.73. The van der Waals surface area contributed by atoms with Gasteiger partial charge in [0.1, 0.15) is 12.4 Å². The van der Waals surface area contributed by atoms with Gasteiger partial charge in [-0.1, -0.05) is 6.92 Å². The van der Waals surface area contributed by atoms with Gasteiger partial charge < -0.3 is 10.2 Å². The molecule has 2 N–H and O–H groups in total. The topological polar surface area (TPSA) is 91.0 Å². The van der Waals surface area contributed by atoms with Crippen LogP contribution in [0.3, 0.4) is 0 Å². The van der Waals surface area contributed by atoms with Crippen LogP contribution in [0.25, 0.3) is 0 Å². The van der Waals surface area contributed by atoms with Crippen LogP contribution in [0.5, 0.6) is 0 Å². The molecule has 0 aliphatic heterocycles. The summed E-state index contributed by atoms with van der Waals surface area (Å²) in [6, 6.07) is 0. The SMILES string of the molecule is CCc1nc(C(=O)N(C)CC(=O)NCC(F)(F)F)n[nH]1. The summed E-state index contributed by atoms with van der Waals surface area (Å²) in [5.41, 5.74) is 0. The third kappa shape index (κ3) is 4.86. The van der Waals surface area contributed by atoms with Crippen molar-refractivity contribution in [2.24, 2.45) is 0 Å². The second kappa shape index (κ2) is 6.35. The highest BCUT2D eigenvalue weighted by atomic mass is 19.4. The number of aromatic amines is 1. The predicted molar refractivity (Wildman–Crippen MR) is 61.8 cm³/mol. The Morgan fingerprint density at radius 2 is 2.05 bits per heavy atom. The summed E-state index contributed by atoms with van der Waals surface area (Å²) in [6.45, 7) is -0.136. The van der Waals surface area contributed by atoms with Crippen molar-refractivity contribution in [2.75, 3.05) is 20.1 Å². The second-order valence-electron chi connectivity index (χ2n) is 4.01. The van der Waals surface area contributed by atoms with Crippen molar-refractivity contribution in [3.8, 4) is 0 Å². The number of hydrogen-bond acceptors (Lipinski definition) is 4. The summed E-state index contributed by atoms with van der Waals surface area (Å²) < 4.78 is 35.7. The average Bonchev–Trinajstić information content (AvgIpc) is 2.83. The van der Waals surface area contributed by atoms with Gasteiger partial charge >= 0.3 is 6.18 Å². The number of likely N-dealkylation sites (N-methyl/N-ethyl adjacent to an activating group) is 1. The molecule has 0 fully saturated rings. The van der Waals surface area contributed by atoms with Gasteiger partial charge in [-0.2, -0.15) is 13.2 Å². The van der Waals surface area contributed by atoms with Gasteiger partial charge in [-0.15, -0.1) is 5.10 Å². The van der Waals surface area contributed by atoms with Crippen molar-refractivity contribution in [3.63, 3.8) is 0 Å². The molecule has 1 aromatic heterocycles. The van der Waals surface area contributed by atoms with Crippen LogP contribution in [0, 0.1) is 0 Å². The van der Waals surface area contributed by atoms with Crippen LogP contribution in [0.4, 0.5) is 13.2 Å². The fourth-order valence-electron chi connectivity index (χ4n) is 1.26. The number of carbonyl (C=O) groups excluding carboxylic acids is 2. The molecule has 1 aromatic rings. The predicted octanol–water partition coefficient (Wildman–Crippen LogP) is 0.118. The van der Waals surface area contributed by atoms with Crippen molar-refractivity contribution in [2.45, 2.75) is 19.5 Å². The quantitative estimate of drug-likeness (QED) is 0.806. The maximum Gasteiger partial charge on any atom is 0.405 e. The molecule has 0 unspecified atom stereocenters. The zero-order chi connectivity index (χ0) is 15.3. The van der Waals surface area contributed by atoms with Crippen LogP contribution in [0.15, 0.2) is 0 Å². The molecule has 0 radical (unpaired) electrons. The number of H-pyrrole nitrogens is 1. The van der Waals surface area contributed by atoms with Gasteiger partial charge in [0.2, 0.25) is 11.7 Å². The van der Waals surface area contributed by atoms with E-state index in [4.69, 9.17) is 0 Å². The van der Waals surface area contributed by atoms with E-state index in [2.05, 4.69) is 15.2 Å². The second-order valence-corrected chi connectivity index (χ2v) is 4.01. The lowest BCUT2D eigenvalue weighted by Gasteiger charge is -2.15. The lowest BCUT2D eigenvalue weighted by atomic mass is 10.4. The fourth-order valence-corrected chi connectivity index (χ4v) is 1.26. The van der Waals surface area contributed by atoms with E-state index in [0.29, 0.717) is 12.2 Å². The number of alkyl halides is 3. The molecule has 0 bridgehead atoms. The molecular weight excluding hydrogens is 279 g/mol. The molecule has 0 aliphatic carbocycles. The number of hydrogen-bond donors (Lipinski definition) is 2. The van der Waals surface area contributed by atoms with E-state index >= 15 is 0 Å². The summed E-state index contributed by atoms with van der Waals surface area (Å²) in [7, 11) is 1.28. The van der Waals surface area contributed by atoms with Crippen molar-refractivity contribution < 1.29 is 22.8 Å². The van der Waals surface area contributed by atoms with Crippen LogP contribution >= 0.6 is 0 Å². The molecule has 1 rings (SSSR count). The molecular formula is C10H14F3N5O2. The summed E-state index contributed by atoms with van der Waals surface area (Å²) in [5.74, 6) is -1.19. The van der Waals surface area contributed by atoms with Crippen molar-refractivity contribution >= 4 is 11.8 Å². The Labute approximate surface area is 112 Å². The molecule has 10 heteroatoms. The van der Waals surface area contributed by atoms with Crippen molar-refractivity contribution in [1.82, 2.24) is 25.4 Å². The van der Waals surface area contributed by atoms with Crippen LogP contribution < -0.4 is 5.32 Å². The van der Waals surface area contributed by atoms with E-state index in [1.165, 1.54) is 7.05 Å². The minimum atomic E-state index is -4.49. The first-order chi connectivity index (χ1) is 9.23. The zero-order valence-corrected chi connectivity index (χ0v) is 10.9. The third-order valence-electron chi connectivity index (χ3n) is 2.27. The van der Waals surface area contributed by atoms with E-state index < -0.39 is 31.1 Å². The molecule has 0 aliphatic rings. The van der Waals surface area contributed by atoms with E-state index in [-0.39, 0.29) is 5.82 Å². The normalized spacial score (nSPS) is 11.2. The molecule has 112 valence electrons. The lowest BCUT2D eigenvalue weighted by molar-refractivity contribution is -0.138. The Kier molecular flexibility index (Phi) is 5.06. The van der Waals surface area contributed by atoms with E-state index in [1.807, 2.05) is 6.92 Å². The van der Waals surface area contributed by atoms with Gasteiger partial charge in [0.05, 0.1) is 6.54 Å². The van der Waals surface area contributed by atoms with Gasteiger partial charge in [0, 0.05) is 13.5 Å². The molecule has 20 heavy (non-hydrogen) atoms. The highest BCUT2D eigenvalue weighted by Gasteiger charge is 2.28. The Hall–Kier alpha value is -2.13. The third-order valence-corrected chi connectivity index (χ3v) is 2.27. The number of nitrogens with zero attached hydrogens (tertiary/aromatic N) is 3. The molecule has 0 saturated heterocycles. The van der Waals surface area contributed by atoms with Crippen LogP contribution in [-0.2, 0) is 11.2 Å². The molecule has 1 heterocycles. The highest BCUT2D eigenvalue weighted by Crippen LogP contribution is 2.12. The summed E-state index contributed by atoms with van der Waals surface area (Å²) in [5, 5.41) is 7.86. The Morgan fingerprint density at radius 1 is 1.40 bits per heavy atom. The Balaban J connectivity index is 2.51. The molecule has 0 saturated carbocycles. The van der Waals surface area contributed by atoms with Crippen LogP contribution in [-0.4, -0.2) is 58.2 Å². The summed E-state index contributed by atoms with van der Waals surface area (Å²) in [6.07, 6.45) is -3.94. The highest BCUT2D eigenvalue weighted by molar-refractivity contribution is 5.93. The number of amides is 2. The fraction of sp³-hybridized carbons (Fsp3) is 0.600. The smallest absolute Gasteiger partial charge is 0.345 e. The van der Waals surface area contributed by atoms with Gasteiger partial charge in [0.25, 0.3) is 5.91 Å². The van der Waals surface area contributed by atoms with E-state index in [1.54, 1.807) is 5.32 Å². The number of aryl methyl sites for hydroxylation is 1. The number of rotatable bonds is 5. The Bertz CT molecular complexity index is 485. The van der Waals surface area contributed by atoms with Gasteiger partial charge in [-0.25, -0.2) is 4.98 Å². The zero-order valence-electron chi connectivity index (χ0n) is 10.9. The maximum atomic E-state index is 11.9. The minimum absolute atomic E-state index is 0.132.